The predicted octanol–water partition coefficient (Wildman–Crippen LogP) is 2.87. The largest absolute Gasteiger partial charge is 0.322 e. The van der Waals surface area contributed by atoms with Gasteiger partial charge < -0.3 is 9.88 Å². The van der Waals surface area contributed by atoms with Crippen LogP contribution in [0, 0.1) is 5.82 Å². The molecule has 0 unspecified atom stereocenters. The van der Waals surface area contributed by atoms with E-state index >= 15 is 0 Å². The van der Waals surface area contributed by atoms with Crippen LogP contribution in [0.3, 0.4) is 0 Å². The quantitative estimate of drug-likeness (QED) is 0.808. The number of nitrogens with zero attached hydrogens (tertiary/aromatic N) is 3. The minimum atomic E-state index is -0.374. The maximum atomic E-state index is 12.9. The minimum Gasteiger partial charge on any atom is -0.322 e. The second kappa shape index (κ2) is 5.77. The molecule has 5 nitrogen and oxygen atoms in total. The van der Waals surface area contributed by atoms with Crippen LogP contribution in [0.15, 0.2) is 54.9 Å². The van der Waals surface area contributed by atoms with Gasteiger partial charge in [0.15, 0.2) is 5.82 Å². The molecule has 1 amide bonds. The molecule has 2 aromatic carbocycles. The van der Waals surface area contributed by atoms with Crippen LogP contribution < -0.4 is 5.32 Å². The molecule has 0 spiro atoms. The molecule has 22 heavy (non-hydrogen) atoms. The number of rotatable bonds is 3. The third-order valence-corrected chi connectivity index (χ3v) is 3.20. The highest BCUT2D eigenvalue weighted by Crippen LogP contribution is 2.20. The molecule has 0 aliphatic heterocycles. The molecule has 1 N–H and O–H groups in total. The third kappa shape index (κ3) is 2.85. The predicted molar refractivity (Wildman–Crippen MR) is 80.8 cm³/mol. The maximum absolute atomic E-state index is 12.9. The van der Waals surface area contributed by atoms with E-state index in [-0.39, 0.29) is 11.7 Å². The van der Waals surface area contributed by atoms with Crippen LogP contribution in [-0.2, 0) is 7.05 Å². The van der Waals surface area contributed by atoms with Gasteiger partial charge in [0.1, 0.15) is 12.1 Å². The molecule has 1 aromatic heterocycles. The molecule has 3 rings (SSSR count). The van der Waals surface area contributed by atoms with Crippen LogP contribution in [-0.4, -0.2) is 20.7 Å². The lowest BCUT2D eigenvalue weighted by Crippen LogP contribution is -2.11. The lowest BCUT2D eigenvalue weighted by Gasteiger charge is -2.07. The lowest BCUT2D eigenvalue weighted by molar-refractivity contribution is 0.102. The summed E-state index contributed by atoms with van der Waals surface area (Å²) in [6.45, 7) is 0. The fourth-order valence-electron chi connectivity index (χ4n) is 2.09. The van der Waals surface area contributed by atoms with E-state index in [0.717, 1.165) is 5.56 Å². The smallest absolute Gasteiger partial charge is 0.255 e. The van der Waals surface area contributed by atoms with E-state index in [4.69, 9.17) is 0 Å². The first kappa shape index (κ1) is 13.9. The molecule has 1 heterocycles. The zero-order valence-corrected chi connectivity index (χ0v) is 11.8. The summed E-state index contributed by atoms with van der Waals surface area (Å²) in [5.41, 5.74) is 1.87. The van der Waals surface area contributed by atoms with Crippen molar-refractivity contribution in [3.63, 3.8) is 0 Å². The van der Waals surface area contributed by atoms with Crippen molar-refractivity contribution in [1.29, 1.82) is 0 Å². The SMILES string of the molecule is Cn1cnnc1-c1cccc(NC(=O)c2ccc(F)cc2)c1. The summed E-state index contributed by atoms with van der Waals surface area (Å²) < 4.78 is 14.7. The first-order valence-corrected chi connectivity index (χ1v) is 6.65. The highest BCUT2D eigenvalue weighted by molar-refractivity contribution is 6.04. The number of amides is 1. The Morgan fingerprint density at radius 2 is 1.95 bits per heavy atom. The average molecular weight is 296 g/mol. The van der Waals surface area contributed by atoms with Gasteiger partial charge in [-0.2, -0.15) is 0 Å². The first-order chi connectivity index (χ1) is 10.6. The van der Waals surface area contributed by atoms with E-state index in [1.807, 2.05) is 25.2 Å². The standard InChI is InChI=1S/C16H13FN4O/c1-21-10-18-20-15(21)12-3-2-4-14(9-12)19-16(22)11-5-7-13(17)8-6-11/h2-10H,1H3,(H,19,22). The van der Waals surface area contributed by atoms with E-state index < -0.39 is 0 Å². The van der Waals surface area contributed by atoms with E-state index in [0.29, 0.717) is 17.1 Å². The van der Waals surface area contributed by atoms with Gasteiger partial charge in [0.25, 0.3) is 5.91 Å². The summed E-state index contributed by atoms with van der Waals surface area (Å²) in [7, 11) is 1.85. The molecule has 0 aliphatic carbocycles. The van der Waals surface area contributed by atoms with Gasteiger partial charge >= 0.3 is 0 Å². The fourth-order valence-corrected chi connectivity index (χ4v) is 2.09. The van der Waals surface area contributed by atoms with Crippen LogP contribution in [0.2, 0.25) is 0 Å². The number of benzene rings is 2. The van der Waals surface area contributed by atoms with Crippen molar-refractivity contribution in [2.75, 3.05) is 5.32 Å². The second-order valence-electron chi connectivity index (χ2n) is 4.81. The van der Waals surface area contributed by atoms with Crippen molar-refractivity contribution in [2.45, 2.75) is 0 Å². The minimum absolute atomic E-state index is 0.296. The molecule has 0 atom stereocenters. The van der Waals surface area contributed by atoms with Crippen molar-refractivity contribution < 1.29 is 9.18 Å². The highest BCUT2D eigenvalue weighted by Gasteiger charge is 2.09. The molecule has 0 fully saturated rings. The molecule has 3 aromatic rings. The summed E-state index contributed by atoms with van der Waals surface area (Å²) >= 11 is 0. The van der Waals surface area contributed by atoms with E-state index in [2.05, 4.69) is 15.5 Å². The topological polar surface area (TPSA) is 59.8 Å². The molecule has 0 aliphatic rings. The number of halogens is 1. The molecule has 0 bridgehead atoms. The normalized spacial score (nSPS) is 10.5. The van der Waals surface area contributed by atoms with Gasteiger partial charge in [0.2, 0.25) is 0 Å². The fraction of sp³-hybridized carbons (Fsp3) is 0.0625. The first-order valence-electron chi connectivity index (χ1n) is 6.65. The van der Waals surface area contributed by atoms with Crippen LogP contribution in [0.25, 0.3) is 11.4 Å². The summed E-state index contributed by atoms with van der Waals surface area (Å²) in [6.07, 6.45) is 1.61. The van der Waals surface area contributed by atoms with Gasteiger partial charge in [-0.25, -0.2) is 4.39 Å². The zero-order chi connectivity index (χ0) is 15.5. The Hall–Kier alpha value is -3.02. The molecule has 0 saturated heterocycles. The number of hydrogen-bond acceptors (Lipinski definition) is 3. The monoisotopic (exact) mass is 296 g/mol. The van der Waals surface area contributed by atoms with Gasteiger partial charge in [-0.1, -0.05) is 12.1 Å². The zero-order valence-electron chi connectivity index (χ0n) is 11.8. The van der Waals surface area contributed by atoms with Crippen molar-refractivity contribution in [1.82, 2.24) is 14.8 Å². The van der Waals surface area contributed by atoms with Crippen LogP contribution in [0.1, 0.15) is 10.4 Å². The van der Waals surface area contributed by atoms with Crippen molar-refractivity contribution in [3.8, 4) is 11.4 Å². The van der Waals surface area contributed by atoms with Crippen molar-refractivity contribution in [3.05, 3.63) is 66.2 Å². The molecule has 0 saturated carbocycles. The van der Waals surface area contributed by atoms with Crippen molar-refractivity contribution >= 4 is 11.6 Å². The number of carbonyl (C=O) groups excluding carboxylic acids is 1. The second-order valence-corrected chi connectivity index (χ2v) is 4.81. The van der Waals surface area contributed by atoms with Gasteiger partial charge in [-0.15, -0.1) is 10.2 Å². The van der Waals surface area contributed by atoms with Crippen LogP contribution in [0.4, 0.5) is 10.1 Å². The summed E-state index contributed by atoms with van der Waals surface area (Å²) in [6, 6.07) is 12.7. The Morgan fingerprint density at radius 1 is 1.18 bits per heavy atom. The molecule has 6 heteroatoms. The molecular formula is C16H13FN4O. The number of nitrogens with one attached hydrogen (secondary N) is 1. The van der Waals surface area contributed by atoms with E-state index in [1.165, 1.54) is 24.3 Å². The van der Waals surface area contributed by atoms with E-state index in [1.54, 1.807) is 17.0 Å². The molecular weight excluding hydrogens is 283 g/mol. The van der Waals surface area contributed by atoms with Crippen LogP contribution in [0.5, 0.6) is 0 Å². The Bertz CT molecular complexity index is 811. The third-order valence-electron chi connectivity index (χ3n) is 3.20. The average Bonchev–Trinajstić information content (AvgIpc) is 2.94. The number of aryl methyl sites for hydroxylation is 1. The van der Waals surface area contributed by atoms with E-state index in [9.17, 15) is 9.18 Å². The number of carbonyl (C=O) groups is 1. The summed E-state index contributed by atoms with van der Waals surface area (Å²) in [5.74, 6) is 0.0359. The Kier molecular flexibility index (Phi) is 3.65. The van der Waals surface area contributed by atoms with Gasteiger partial charge in [-0.3, -0.25) is 4.79 Å². The Balaban J connectivity index is 1.82. The molecule has 0 radical (unpaired) electrons. The number of aromatic nitrogens is 3. The molecule has 110 valence electrons. The number of anilines is 1. The van der Waals surface area contributed by atoms with Gasteiger partial charge in [-0.05, 0) is 36.4 Å². The lowest BCUT2D eigenvalue weighted by atomic mass is 10.1. The van der Waals surface area contributed by atoms with Gasteiger partial charge in [0.05, 0.1) is 0 Å². The summed E-state index contributed by atoms with van der Waals surface area (Å²) in [5, 5.41) is 10.6. The van der Waals surface area contributed by atoms with Gasteiger partial charge in [0, 0.05) is 23.9 Å². The maximum Gasteiger partial charge on any atom is 0.255 e. The van der Waals surface area contributed by atoms with Crippen molar-refractivity contribution in [2.24, 2.45) is 7.05 Å². The number of hydrogen-bond donors (Lipinski definition) is 1. The van der Waals surface area contributed by atoms with Crippen LogP contribution >= 0.6 is 0 Å². The highest BCUT2D eigenvalue weighted by atomic mass is 19.1. The Labute approximate surface area is 126 Å². The summed E-state index contributed by atoms with van der Waals surface area (Å²) in [4.78, 5) is 12.1. The Morgan fingerprint density at radius 3 is 2.64 bits per heavy atom.